The minimum Gasteiger partial charge on any atom is -0.488 e. The Morgan fingerprint density at radius 2 is 1.62 bits per heavy atom. The number of rotatable bonds is 4. The number of benzene rings is 3. The van der Waals surface area contributed by atoms with Crippen molar-refractivity contribution in [3.63, 3.8) is 0 Å². The van der Waals surface area contributed by atoms with Crippen LogP contribution >= 0.6 is 0 Å². The van der Waals surface area contributed by atoms with Crippen molar-refractivity contribution < 1.29 is 14.8 Å². The molecule has 0 aromatic heterocycles. The Hall–Kier alpha value is -2.30. The van der Waals surface area contributed by atoms with Gasteiger partial charge in [0.15, 0.2) is 0 Å². The number of hydrogen-bond acceptors (Lipinski definition) is 3. The van der Waals surface area contributed by atoms with E-state index in [-0.39, 0.29) is 0 Å². The third-order valence-corrected chi connectivity index (χ3v) is 3.39. The van der Waals surface area contributed by atoms with Crippen LogP contribution in [0.5, 0.6) is 5.75 Å². The molecule has 3 aromatic rings. The Balaban J connectivity index is 1.82. The highest BCUT2D eigenvalue weighted by Gasteiger charge is 2.11. The van der Waals surface area contributed by atoms with Gasteiger partial charge in [-0.1, -0.05) is 60.7 Å². The first-order chi connectivity index (χ1) is 10.2. The number of fused-ring (bicyclic) bond motifs is 1. The molecule has 0 amide bonds. The van der Waals surface area contributed by atoms with Crippen molar-refractivity contribution in [3.05, 3.63) is 72.3 Å². The van der Waals surface area contributed by atoms with Crippen LogP contribution in [0, 0.1) is 0 Å². The first-order valence-corrected chi connectivity index (χ1v) is 6.79. The van der Waals surface area contributed by atoms with E-state index in [0.29, 0.717) is 12.1 Å². The maximum Gasteiger partial charge on any atom is 0.488 e. The molecular weight excluding hydrogens is 263 g/mol. The van der Waals surface area contributed by atoms with Crippen molar-refractivity contribution in [1.29, 1.82) is 0 Å². The van der Waals surface area contributed by atoms with Crippen molar-refractivity contribution in [1.82, 2.24) is 0 Å². The third kappa shape index (κ3) is 3.07. The molecule has 3 aromatic carbocycles. The van der Waals surface area contributed by atoms with Gasteiger partial charge in [0.25, 0.3) is 0 Å². The van der Waals surface area contributed by atoms with Gasteiger partial charge in [-0.05, 0) is 22.5 Å². The van der Waals surface area contributed by atoms with E-state index in [4.69, 9.17) is 4.74 Å². The molecular formula is C17H15BO3. The molecule has 0 saturated heterocycles. The second-order valence-electron chi connectivity index (χ2n) is 4.88. The third-order valence-electron chi connectivity index (χ3n) is 3.39. The second-order valence-corrected chi connectivity index (χ2v) is 4.88. The summed E-state index contributed by atoms with van der Waals surface area (Å²) in [6.45, 7) is 0.383. The molecule has 0 atom stereocenters. The van der Waals surface area contributed by atoms with Gasteiger partial charge in [0.1, 0.15) is 12.4 Å². The Labute approximate surface area is 123 Å². The zero-order valence-corrected chi connectivity index (χ0v) is 11.4. The average Bonchev–Trinajstić information content (AvgIpc) is 2.53. The fourth-order valence-electron chi connectivity index (χ4n) is 2.33. The highest BCUT2D eigenvalue weighted by molar-refractivity contribution is 6.58. The normalized spacial score (nSPS) is 10.6. The summed E-state index contributed by atoms with van der Waals surface area (Å²) in [6, 6.07) is 21.1. The number of ether oxygens (including phenoxy) is 1. The summed E-state index contributed by atoms with van der Waals surface area (Å²) in [5.74, 6) is 0.822. The molecule has 0 saturated carbocycles. The molecule has 3 nitrogen and oxygen atoms in total. The Morgan fingerprint density at radius 3 is 2.48 bits per heavy atom. The lowest BCUT2D eigenvalue weighted by Gasteiger charge is -2.10. The van der Waals surface area contributed by atoms with E-state index in [9.17, 15) is 10.0 Å². The molecule has 0 bridgehead atoms. The van der Waals surface area contributed by atoms with Crippen LogP contribution in [0.3, 0.4) is 0 Å². The monoisotopic (exact) mass is 278 g/mol. The van der Waals surface area contributed by atoms with Crippen molar-refractivity contribution >= 4 is 23.4 Å². The Kier molecular flexibility index (Phi) is 3.91. The molecule has 0 unspecified atom stereocenters. The topological polar surface area (TPSA) is 49.7 Å². The van der Waals surface area contributed by atoms with Crippen LogP contribution < -0.4 is 10.2 Å². The predicted octanol–water partition coefficient (Wildman–Crippen LogP) is 2.10. The van der Waals surface area contributed by atoms with Gasteiger partial charge in [-0.2, -0.15) is 0 Å². The maximum atomic E-state index is 9.19. The molecule has 0 heterocycles. The standard InChI is InChI=1S/C17H15BO3/c19-18(20)15-8-3-5-13(11-15)12-21-17-10-4-7-14-6-1-2-9-16(14)17/h1-11,19-20H,12H2. The predicted molar refractivity (Wildman–Crippen MR) is 84.5 cm³/mol. The average molecular weight is 278 g/mol. The minimum atomic E-state index is -1.46. The van der Waals surface area contributed by atoms with Gasteiger partial charge in [0.2, 0.25) is 0 Å². The quantitative estimate of drug-likeness (QED) is 0.718. The van der Waals surface area contributed by atoms with Crippen LogP contribution in [0.2, 0.25) is 0 Å². The van der Waals surface area contributed by atoms with Gasteiger partial charge >= 0.3 is 7.12 Å². The Morgan fingerprint density at radius 1 is 0.857 bits per heavy atom. The first-order valence-electron chi connectivity index (χ1n) is 6.79. The summed E-state index contributed by atoms with van der Waals surface area (Å²) in [5.41, 5.74) is 1.36. The van der Waals surface area contributed by atoms with E-state index < -0.39 is 7.12 Å². The summed E-state index contributed by atoms with van der Waals surface area (Å²) in [6.07, 6.45) is 0. The van der Waals surface area contributed by atoms with Crippen LogP contribution in [-0.2, 0) is 6.61 Å². The molecule has 4 heteroatoms. The van der Waals surface area contributed by atoms with Crippen LogP contribution in [0.25, 0.3) is 10.8 Å². The van der Waals surface area contributed by atoms with Crippen molar-refractivity contribution in [3.8, 4) is 5.75 Å². The van der Waals surface area contributed by atoms with Crippen molar-refractivity contribution in [2.24, 2.45) is 0 Å². The molecule has 0 aliphatic rings. The lowest BCUT2D eigenvalue weighted by molar-refractivity contribution is 0.310. The molecule has 0 spiro atoms. The molecule has 0 radical (unpaired) electrons. The fourth-order valence-corrected chi connectivity index (χ4v) is 2.33. The fraction of sp³-hybridized carbons (Fsp3) is 0.0588. The SMILES string of the molecule is OB(O)c1cccc(COc2cccc3ccccc23)c1. The van der Waals surface area contributed by atoms with Crippen LogP contribution in [0.4, 0.5) is 0 Å². The largest absolute Gasteiger partial charge is 0.488 e. The zero-order valence-electron chi connectivity index (χ0n) is 11.4. The smallest absolute Gasteiger partial charge is 0.488 e. The van der Waals surface area contributed by atoms with E-state index in [1.165, 1.54) is 0 Å². The highest BCUT2D eigenvalue weighted by Crippen LogP contribution is 2.25. The summed E-state index contributed by atoms with van der Waals surface area (Å²) in [5, 5.41) is 20.6. The summed E-state index contributed by atoms with van der Waals surface area (Å²) in [7, 11) is -1.46. The minimum absolute atomic E-state index is 0.383. The van der Waals surface area contributed by atoms with Gasteiger partial charge in [0, 0.05) is 5.39 Å². The van der Waals surface area contributed by atoms with Crippen LogP contribution in [0.1, 0.15) is 5.56 Å². The molecule has 0 fully saturated rings. The summed E-state index contributed by atoms with van der Waals surface area (Å²) in [4.78, 5) is 0. The molecule has 0 aliphatic carbocycles. The number of hydrogen-bond donors (Lipinski definition) is 2. The van der Waals surface area contributed by atoms with Crippen LogP contribution in [-0.4, -0.2) is 17.2 Å². The van der Waals surface area contributed by atoms with Gasteiger partial charge in [0.05, 0.1) is 0 Å². The van der Waals surface area contributed by atoms with E-state index in [1.54, 1.807) is 18.2 Å². The van der Waals surface area contributed by atoms with Gasteiger partial charge < -0.3 is 14.8 Å². The maximum absolute atomic E-state index is 9.19. The van der Waals surface area contributed by atoms with Gasteiger partial charge in [-0.25, -0.2) is 0 Å². The summed E-state index contributed by atoms with van der Waals surface area (Å²) < 4.78 is 5.88. The molecule has 104 valence electrons. The first kappa shape index (κ1) is 13.7. The molecule has 21 heavy (non-hydrogen) atoms. The van der Waals surface area contributed by atoms with E-state index in [2.05, 4.69) is 0 Å². The lowest BCUT2D eigenvalue weighted by Crippen LogP contribution is -2.29. The van der Waals surface area contributed by atoms with Gasteiger partial charge in [-0.3, -0.25) is 0 Å². The molecule has 0 aliphatic heterocycles. The Bertz CT molecular complexity index is 750. The lowest BCUT2D eigenvalue weighted by atomic mass is 9.80. The van der Waals surface area contributed by atoms with Crippen LogP contribution in [0.15, 0.2) is 66.7 Å². The second kappa shape index (κ2) is 6.00. The zero-order chi connectivity index (χ0) is 14.7. The van der Waals surface area contributed by atoms with E-state index in [0.717, 1.165) is 22.1 Å². The molecule has 2 N–H and O–H groups in total. The summed E-state index contributed by atoms with van der Waals surface area (Å²) >= 11 is 0. The molecule has 3 rings (SSSR count). The van der Waals surface area contributed by atoms with Crippen molar-refractivity contribution in [2.75, 3.05) is 0 Å². The van der Waals surface area contributed by atoms with E-state index in [1.807, 2.05) is 48.5 Å². The van der Waals surface area contributed by atoms with E-state index >= 15 is 0 Å². The highest BCUT2D eigenvalue weighted by atomic mass is 16.5. The van der Waals surface area contributed by atoms with Gasteiger partial charge in [-0.15, -0.1) is 0 Å². The van der Waals surface area contributed by atoms with Crippen molar-refractivity contribution in [2.45, 2.75) is 6.61 Å².